The van der Waals surface area contributed by atoms with Gasteiger partial charge < -0.3 is 9.84 Å². The van der Waals surface area contributed by atoms with Crippen molar-refractivity contribution >= 4 is 0 Å². The molecule has 0 bridgehead atoms. The molecule has 5 heteroatoms. The molecule has 0 spiro atoms. The van der Waals surface area contributed by atoms with Crippen LogP contribution in [0.5, 0.6) is 0 Å². The summed E-state index contributed by atoms with van der Waals surface area (Å²) in [5.74, 6) is -0.517. The topological polar surface area (TPSA) is 72.6 Å². The van der Waals surface area contributed by atoms with Gasteiger partial charge in [-0.25, -0.2) is 0 Å². The number of nitro groups is 1. The van der Waals surface area contributed by atoms with Crippen LogP contribution in [0.15, 0.2) is 29.7 Å². The normalized spacial score (nSPS) is 15.2. The maximum absolute atomic E-state index is 9.99. The predicted molar refractivity (Wildman–Crippen MR) is 30.4 cm³/mol. The third-order valence-electron chi connectivity index (χ3n) is 0.883. The van der Waals surface area contributed by atoms with E-state index in [9.17, 15) is 10.1 Å². The van der Waals surface area contributed by atoms with Crippen molar-refractivity contribution in [1.29, 1.82) is 0 Å². The number of aliphatic hydroxyl groups excluding tert-OH is 1. The van der Waals surface area contributed by atoms with Crippen molar-refractivity contribution in [3.05, 3.63) is 39.8 Å². The van der Waals surface area contributed by atoms with Crippen LogP contribution in [0.2, 0.25) is 0 Å². The van der Waals surface area contributed by atoms with Crippen molar-refractivity contribution in [2.75, 3.05) is 0 Å². The molecule has 0 aromatic heterocycles. The summed E-state index contributed by atoms with van der Waals surface area (Å²) in [4.78, 5) is 9.23. The maximum Gasteiger partial charge on any atom is 0.353 e. The molecule has 0 saturated carbocycles. The largest absolute Gasteiger partial charge is 0.496 e. The molecule has 0 aromatic carbocycles. The lowest BCUT2D eigenvalue weighted by atomic mass is 10.4. The molecule has 52 valence electrons. The highest BCUT2D eigenvalue weighted by Crippen LogP contribution is 2.09. The summed E-state index contributed by atoms with van der Waals surface area (Å²) in [6.45, 7) is 0. The van der Waals surface area contributed by atoms with Gasteiger partial charge in [0.25, 0.3) is 0 Å². The van der Waals surface area contributed by atoms with Crippen LogP contribution in [-0.4, -0.2) is 10.0 Å². The fourth-order valence-electron chi connectivity index (χ4n) is 0.448. The lowest BCUT2D eigenvalue weighted by Crippen LogP contribution is -2.03. The van der Waals surface area contributed by atoms with E-state index in [4.69, 9.17) is 5.11 Å². The maximum atomic E-state index is 9.99. The van der Waals surface area contributed by atoms with Gasteiger partial charge in [-0.15, -0.1) is 0 Å². The molecule has 0 fully saturated rings. The van der Waals surface area contributed by atoms with Gasteiger partial charge in [0.15, 0.2) is 6.26 Å². The van der Waals surface area contributed by atoms with E-state index in [1.165, 1.54) is 0 Å². The molecular weight excluding hydrogens is 138 g/mol. The van der Waals surface area contributed by atoms with Gasteiger partial charge >= 0.3 is 5.70 Å². The molecule has 0 radical (unpaired) electrons. The molecule has 5 nitrogen and oxygen atoms in total. The number of hydrogen-bond acceptors (Lipinski definition) is 4. The van der Waals surface area contributed by atoms with E-state index < -0.39 is 16.4 Å². The van der Waals surface area contributed by atoms with Crippen LogP contribution in [0.25, 0.3) is 0 Å². The molecule has 10 heavy (non-hydrogen) atoms. The van der Waals surface area contributed by atoms with Gasteiger partial charge in [0, 0.05) is 0 Å². The Balaban J connectivity index is 3.00. The number of nitrogens with zero attached hydrogens (tertiary/aromatic N) is 1. The second-order valence-corrected chi connectivity index (χ2v) is 1.51. The van der Waals surface area contributed by atoms with Crippen molar-refractivity contribution in [2.24, 2.45) is 0 Å². The third kappa shape index (κ3) is 0.985. The lowest BCUT2D eigenvalue weighted by molar-refractivity contribution is -0.425. The van der Waals surface area contributed by atoms with Gasteiger partial charge in [0.1, 0.15) is 6.26 Å². The van der Waals surface area contributed by atoms with Crippen molar-refractivity contribution in [1.82, 2.24) is 0 Å². The first-order chi connectivity index (χ1) is 4.72. The summed E-state index contributed by atoms with van der Waals surface area (Å²) in [5, 5.41) is 18.7. The Bertz CT molecular complexity index is 259. The van der Waals surface area contributed by atoms with Crippen molar-refractivity contribution in [2.45, 2.75) is 0 Å². The summed E-state index contributed by atoms with van der Waals surface area (Å²) in [7, 11) is 0. The molecule has 1 aliphatic rings. The molecule has 0 amide bonds. The van der Waals surface area contributed by atoms with Gasteiger partial charge in [-0.3, -0.25) is 10.1 Å². The van der Waals surface area contributed by atoms with E-state index >= 15 is 0 Å². The molecule has 1 heterocycles. The zero-order valence-corrected chi connectivity index (χ0v) is 4.77. The fourth-order valence-corrected chi connectivity index (χ4v) is 0.448. The molecule has 1 N–H and O–H groups in total. The number of ether oxygens (including phenoxy) is 1. The highest BCUT2D eigenvalue weighted by molar-refractivity contribution is 5.17. The Morgan fingerprint density at radius 1 is 1.80 bits per heavy atom. The Labute approximate surface area is 55.7 Å². The van der Waals surface area contributed by atoms with E-state index in [1.54, 1.807) is 0 Å². The first-order valence-corrected chi connectivity index (χ1v) is 2.36. The van der Waals surface area contributed by atoms with Crippen LogP contribution in [0, 0.1) is 10.1 Å². The number of rotatable bonds is 1. The second kappa shape index (κ2) is 2.24. The molecule has 0 unspecified atom stereocenters. The molecule has 1 aliphatic heterocycles. The minimum absolute atomic E-state index is 0.484. The molecule has 0 atom stereocenters. The average Bonchev–Trinajstić information content (AvgIpc) is 1.88. The quantitative estimate of drug-likeness (QED) is 0.331. The third-order valence-corrected chi connectivity index (χ3v) is 0.883. The molecule has 0 aliphatic carbocycles. The van der Waals surface area contributed by atoms with Gasteiger partial charge in [-0.05, 0) is 5.73 Å². The van der Waals surface area contributed by atoms with Crippen LogP contribution in [0.4, 0.5) is 0 Å². The molecule has 0 aromatic rings. The monoisotopic (exact) mass is 141 g/mol. The highest BCUT2D eigenvalue weighted by Gasteiger charge is 2.18. The van der Waals surface area contributed by atoms with E-state index in [-0.39, 0.29) is 0 Å². The van der Waals surface area contributed by atoms with Crippen LogP contribution in [0.3, 0.4) is 0 Å². The first-order valence-electron chi connectivity index (χ1n) is 2.36. The van der Waals surface area contributed by atoms with E-state index in [2.05, 4.69) is 10.5 Å². The molecule has 1 rings (SSSR count). The summed E-state index contributed by atoms with van der Waals surface area (Å²) < 4.78 is 4.39. The molecular formula is C5H3NO4. The zero-order chi connectivity index (χ0) is 7.56. The Morgan fingerprint density at radius 2 is 2.50 bits per heavy atom. The van der Waals surface area contributed by atoms with Crippen LogP contribution >= 0.6 is 0 Å². The Morgan fingerprint density at radius 3 is 2.90 bits per heavy atom. The lowest BCUT2D eigenvalue weighted by Gasteiger charge is -1.96. The minimum Gasteiger partial charge on any atom is -0.496 e. The van der Waals surface area contributed by atoms with Crippen LogP contribution in [0.1, 0.15) is 0 Å². The Kier molecular flexibility index (Phi) is 1.43. The van der Waals surface area contributed by atoms with E-state index in [0.717, 1.165) is 12.5 Å². The molecule has 0 saturated heterocycles. The van der Waals surface area contributed by atoms with Crippen molar-refractivity contribution in [3.63, 3.8) is 0 Å². The van der Waals surface area contributed by atoms with Gasteiger partial charge in [0.05, 0.1) is 4.92 Å². The number of hydrogen-bond donors (Lipinski definition) is 1. The highest BCUT2D eigenvalue weighted by atomic mass is 16.6. The summed E-state index contributed by atoms with van der Waals surface area (Å²) in [6, 6.07) is 0. The smallest absolute Gasteiger partial charge is 0.353 e. The summed E-state index contributed by atoms with van der Waals surface area (Å²) in [6.07, 6.45) is 1.87. The average molecular weight is 141 g/mol. The van der Waals surface area contributed by atoms with Gasteiger partial charge in [0.2, 0.25) is 5.76 Å². The van der Waals surface area contributed by atoms with Crippen LogP contribution in [-0.2, 0) is 4.74 Å². The fraction of sp³-hybridized carbons (Fsp3) is 0. The van der Waals surface area contributed by atoms with E-state index in [1.807, 2.05) is 0 Å². The first kappa shape index (κ1) is 6.38. The van der Waals surface area contributed by atoms with Gasteiger partial charge in [-0.2, -0.15) is 0 Å². The summed E-state index contributed by atoms with van der Waals surface area (Å²) >= 11 is 0. The van der Waals surface area contributed by atoms with Crippen LogP contribution < -0.4 is 0 Å². The summed E-state index contributed by atoms with van der Waals surface area (Å²) in [5.41, 5.74) is 1.64. The van der Waals surface area contributed by atoms with Crippen molar-refractivity contribution in [3.8, 4) is 0 Å². The SMILES string of the molecule is O=[N+]([O-])C1=COC=C=C1O. The van der Waals surface area contributed by atoms with Gasteiger partial charge in [-0.1, -0.05) is 0 Å². The standard InChI is InChI=1S/C5H3NO4/c7-5-1-2-10-3-4(5)6(8)9/h2-3,7H. The minimum atomic E-state index is -0.755. The Hall–Kier alpha value is -1.74. The van der Waals surface area contributed by atoms with E-state index in [0.29, 0.717) is 0 Å². The second-order valence-electron chi connectivity index (χ2n) is 1.51. The predicted octanol–water partition coefficient (Wildman–Crippen LogP) is 0.689. The zero-order valence-electron chi connectivity index (χ0n) is 4.77. The van der Waals surface area contributed by atoms with Crippen molar-refractivity contribution < 1.29 is 14.8 Å². The number of aliphatic hydroxyl groups is 1.